The highest BCUT2D eigenvalue weighted by Gasteiger charge is 2.23. The predicted molar refractivity (Wildman–Crippen MR) is 28.0 cm³/mol. The number of ether oxygens (including phenoxy) is 1. The highest BCUT2D eigenvalue weighted by Crippen LogP contribution is 2.15. The second kappa shape index (κ2) is 1.80. The van der Waals surface area contributed by atoms with Crippen molar-refractivity contribution in [2.75, 3.05) is 7.05 Å². The fraction of sp³-hybridized carbons (Fsp3) is 1.00. The van der Waals surface area contributed by atoms with Crippen molar-refractivity contribution in [3.8, 4) is 0 Å². The van der Waals surface area contributed by atoms with Crippen LogP contribution in [0.5, 0.6) is 0 Å². The summed E-state index contributed by atoms with van der Waals surface area (Å²) in [7, 11) is 1.91. The summed E-state index contributed by atoms with van der Waals surface area (Å²) in [4.78, 5) is 0. The van der Waals surface area contributed by atoms with E-state index in [0.29, 0.717) is 12.3 Å². The minimum absolute atomic E-state index is 0.343. The van der Waals surface area contributed by atoms with E-state index in [0.717, 1.165) is 6.42 Å². The van der Waals surface area contributed by atoms with Crippen LogP contribution in [-0.4, -0.2) is 19.4 Å². The Morgan fingerprint density at radius 2 is 2.29 bits per heavy atom. The van der Waals surface area contributed by atoms with Gasteiger partial charge >= 0.3 is 0 Å². The summed E-state index contributed by atoms with van der Waals surface area (Å²) >= 11 is 0. The van der Waals surface area contributed by atoms with Crippen molar-refractivity contribution >= 4 is 0 Å². The first kappa shape index (κ1) is 5.06. The van der Waals surface area contributed by atoms with E-state index >= 15 is 0 Å². The summed E-state index contributed by atoms with van der Waals surface area (Å²) < 4.78 is 5.18. The maximum atomic E-state index is 5.18. The highest BCUT2D eigenvalue weighted by atomic mass is 16.5. The molecule has 0 aliphatic carbocycles. The molecule has 1 N–H and O–H groups in total. The lowest BCUT2D eigenvalue weighted by atomic mass is 10.2. The molecule has 0 amide bonds. The maximum absolute atomic E-state index is 5.18. The first-order chi connectivity index (χ1) is 3.33. The molecule has 1 unspecified atom stereocenters. The molecule has 2 nitrogen and oxygen atoms in total. The standard InChI is InChI=1S/C5H11NO/c1-4-3-5(6-2)7-4/h4-6H,3H2,1-2H3/t4-,5?/m1/s1. The molecule has 0 bridgehead atoms. The second-order valence-corrected chi connectivity index (χ2v) is 1.96. The predicted octanol–water partition coefficient (Wildman–Crippen LogP) is 0.341. The van der Waals surface area contributed by atoms with Crippen LogP contribution in [0.3, 0.4) is 0 Å². The molecule has 1 saturated heterocycles. The molecule has 0 aromatic carbocycles. The van der Waals surface area contributed by atoms with Gasteiger partial charge in [-0.05, 0) is 14.0 Å². The Labute approximate surface area is 43.9 Å². The first-order valence-corrected chi connectivity index (χ1v) is 2.65. The molecule has 1 rings (SSSR count). The van der Waals surface area contributed by atoms with Crippen molar-refractivity contribution in [2.24, 2.45) is 0 Å². The summed E-state index contributed by atoms with van der Waals surface area (Å²) in [5.41, 5.74) is 0. The number of hydrogen-bond acceptors (Lipinski definition) is 2. The van der Waals surface area contributed by atoms with Crippen molar-refractivity contribution in [3.63, 3.8) is 0 Å². The van der Waals surface area contributed by atoms with E-state index in [-0.39, 0.29) is 0 Å². The van der Waals surface area contributed by atoms with Crippen LogP contribution in [0.15, 0.2) is 0 Å². The Morgan fingerprint density at radius 1 is 1.71 bits per heavy atom. The van der Waals surface area contributed by atoms with Gasteiger partial charge in [-0.3, -0.25) is 5.32 Å². The van der Waals surface area contributed by atoms with Crippen LogP contribution in [0.2, 0.25) is 0 Å². The average Bonchev–Trinajstić information content (AvgIpc) is 1.58. The molecule has 1 fully saturated rings. The molecule has 1 aliphatic heterocycles. The van der Waals surface area contributed by atoms with Crippen LogP contribution in [0.25, 0.3) is 0 Å². The Hall–Kier alpha value is -0.0800. The fourth-order valence-electron chi connectivity index (χ4n) is 0.757. The fourth-order valence-corrected chi connectivity index (χ4v) is 0.757. The molecule has 0 saturated carbocycles. The lowest BCUT2D eigenvalue weighted by Crippen LogP contribution is -2.43. The average molecular weight is 101 g/mol. The summed E-state index contributed by atoms with van der Waals surface area (Å²) in [6.07, 6.45) is 1.99. The van der Waals surface area contributed by atoms with Gasteiger partial charge in [0.05, 0.1) is 6.10 Å². The molecule has 1 aliphatic rings. The van der Waals surface area contributed by atoms with Gasteiger partial charge in [0.1, 0.15) is 6.23 Å². The lowest BCUT2D eigenvalue weighted by Gasteiger charge is -2.32. The Bertz CT molecular complexity index is 59.1. The van der Waals surface area contributed by atoms with Gasteiger partial charge in [0, 0.05) is 6.42 Å². The third kappa shape index (κ3) is 0.924. The molecule has 0 aromatic heterocycles. The minimum atomic E-state index is 0.343. The first-order valence-electron chi connectivity index (χ1n) is 2.65. The summed E-state index contributed by atoms with van der Waals surface area (Å²) in [6, 6.07) is 0. The molecular weight excluding hydrogens is 90.1 g/mol. The van der Waals surface area contributed by atoms with Crippen molar-refractivity contribution in [2.45, 2.75) is 25.7 Å². The van der Waals surface area contributed by atoms with Gasteiger partial charge in [-0.1, -0.05) is 0 Å². The largest absolute Gasteiger partial charge is 0.360 e. The number of rotatable bonds is 1. The zero-order chi connectivity index (χ0) is 5.28. The van der Waals surface area contributed by atoms with Crippen molar-refractivity contribution in [1.29, 1.82) is 0 Å². The molecular formula is C5H11NO. The van der Waals surface area contributed by atoms with Crippen molar-refractivity contribution < 1.29 is 4.74 Å². The smallest absolute Gasteiger partial charge is 0.110 e. The van der Waals surface area contributed by atoms with Crippen LogP contribution in [0, 0.1) is 0 Å². The van der Waals surface area contributed by atoms with Crippen LogP contribution in [0.1, 0.15) is 13.3 Å². The summed E-state index contributed by atoms with van der Waals surface area (Å²) in [6.45, 7) is 2.08. The van der Waals surface area contributed by atoms with Gasteiger partial charge in [0.2, 0.25) is 0 Å². The quantitative estimate of drug-likeness (QED) is 0.514. The van der Waals surface area contributed by atoms with E-state index in [2.05, 4.69) is 12.2 Å². The van der Waals surface area contributed by atoms with Gasteiger partial charge in [-0.15, -0.1) is 0 Å². The lowest BCUT2D eigenvalue weighted by molar-refractivity contribution is -0.126. The van der Waals surface area contributed by atoms with E-state index in [4.69, 9.17) is 4.74 Å². The molecule has 42 valence electrons. The molecule has 1 heterocycles. The van der Waals surface area contributed by atoms with Crippen molar-refractivity contribution in [1.82, 2.24) is 5.32 Å². The molecule has 0 spiro atoms. The van der Waals surface area contributed by atoms with Gasteiger partial charge in [0.15, 0.2) is 0 Å². The van der Waals surface area contributed by atoms with Crippen LogP contribution >= 0.6 is 0 Å². The SMILES string of the molecule is CNC1C[C@@H](C)O1. The van der Waals surface area contributed by atoms with Crippen LogP contribution in [-0.2, 0) is 4.74 Å². The van der Waals surface area contributed by atoms with Crippen LogP contribution in [0.4, 0.5) is 0 Å². The van der Waals surface area contributed by atoms with E-state index < -0.39 is 0 Å². The van der Waals surface area contributed by atoms with E-state index in [9.17, 15) is 0 Å². The van der Waals surface area contributed by atoms with E-state index in [1.807, 2.05) is 7.05 Å². The third-order valence-corrected chi connectivity index (χ3v) is 1.26. The zero-order valence-electron chi connectivity index (χ0n) is 4.77. The molecule has 2 atom stereocenters. The number of nitrogens with one attached hydrogen (secondary N) is 1. The molecule has 0 aromatic rings. The Morgan fingerprint density at radius 3 is 2.43 bits per heavy atom. The Balaban J connectivity index is 2.06. The minimum Gasteiger partial charge on any atom is -0.360 e. The van der Waals surface area contributed by atoms with E-state index in [1.54, 1.807) is 0 Å². The molecule has 7 heavy (non-hydrogen) atoms. The van der Waals surface area contributed by atoms with Gasteiger partial charge in [-0.25, -0.2) is 0 Å². The zero-order valence-corrected chi connectivity index (χ0v) is 4.77. The summed E-state index contributed by atoms with van der Waals surface area (Å²) in [5.74, 6) is 0. The molecule has 2 heteroatoms. The van der Waals surface area contributed by atoms with Crippen molar-refractivity contribution in [3.05, 3.63) is 0 Å². The second-order valence-electron chi connectivity index (χ2n) is 1.96. The molecule has 0 radical (unpaired) electrons. The normalized spacial score (nSPS) is 40.3. The van der Waals surface area contributed by atoms with Gasteiger partial charge < -0.3 is 4.74 Å². The summed E-state index contributed by atoms with van der Waals surface area (Å²) in [5, 5.41) is 3.01. The number of hydrogen-bond donors (Lipinski definition) is 1. The van der Waals surface area contributed by atoms with Gasteiger partial charge in [0.25, 0.3) is 0 Å². The highest BCUT2D eigenvalue weighted by molar-refractivity contribution is 4.69. The maximum Gasteiger partial charge on any atom is 0.110 e. The Kier molecular flexibility index (Phi) is 1.30. The third-order valence-electron chi connectivity index (χ3n) is 1.26. The van der Waals surface area contributed by atoms with Gasteiger partial charge in [-0.2, -0.15) is 0 Å². The van der Waals surface area contributed by atoms with E-state index in [1.165, 1.54) is 0 Å². The monoisotopic (exact) mass is 101 g/mol. The van der Waals surface area contributed by atoms with Crippen LogP contribution < -0.4 is 5.32 Å². The topological polar surface area (TPSA) is 21.3 Å².